The number of nitrogens with zero attached hydrogens (tertiary/aromatic N) is 2. The molecule has 0 aliphatic carbocycles. The Morgan fingerprint density at radius 1 is 1.07 bits per heavy atom. The number of alkyl halides is 3. The summed E-state index contributed by atoms with van der Waals surface area (Å²) in [6, 6.07) is 8.86. The molecule has 0 N–H and O–H groups in total. The molecular weight excluding hydrogens is 409 g/mol. The number of rotatable bonds is 6. The fourth-order valence-electron chi connectivity index (χ4n) is 3.27. The van der Waals surface area contributed by atoms with E-state index in [-0.39, 0.29) is 5.75 Å². The molecule has 1 aromatic carbocycles. The van der Waals surface area contributed by atoms with Crippen LogP contribution in [-0.4, -0.2) is 51.8 Å². The highest BCUT2D eigenvalue weighted by Gasteiger charge is 2.31. The summed E-state index contributed by atoms with van der Waals surface area (Å²) in [6.45, 7) is 5.20. The average Bonchev–Trinajstić information content (AvgIpc) is 3.09. The van der Waals surface area contributed by atoms with Crippen LogP contribution in [0.25, 0.3) is 0 Å². The van der Waals surface area contributed by atoms with E-state index in [1.807, 2.05) is 17.9 Å². The van der Waals surface area contributed by atoms with Crippen molar-refractivity contribution in [2.24, 2.45) is 0 Å². The van der Waals surface area contributed by atoms with E-state index in [9.17, 15) is 21.6 Å². The van der Waals surface area contributed by atoms with Gasteiger partial charge in [-0.1, -0.05) is 6.07 Å². The second kappa shape index (κ2) is 8.42. The number of piperazine rings is 1. The number of halogens is 3. The van der Waals surface area contributed by atoms with Gasteiger partial charge in [0.15, 0.2) is 9.84 Å². The molecule has 154 valence electrons. The number of aryl methyl sites for hydroxylation is 1. The van der Waals surface area contributed by atoms with E-state index in [4.69, 9.17) is 0 Å². The molecule has 28 heavy (non-hydrogen) atoms. The standard InChI is InChI=1S/C19H23F3N2O2S2/c1-15-6-7-18(27-15)28(25,26)13-3-8-23-9-11-24(12-10-23)17-5-2-4-16(14-17)19(20,21)22/h2,4-7,14H,3,8-13H2,1H3. The van der Waals surface area contributed by atoms with E-state index in [0.29, 0.717) is 49.0 Å². The zero-order chi connectivity index (χ0) is 20.4. The van der Waals surface area contributed by atoms with Crippen molar-refractivity contribution < 1.29 is 21.6 Å². The van der Waals surface area contributed by atoms with Crippen molar-refractivity contribution >= 4 is 26.9 Å². The highest BCUT2D eigenvalue weighted by Crippen LogP contribution is 2.32. The second-order valence-corrected chi connectivity index (χ2v) is 10.5. The van der Waals surface area contributed by atoms with Gasteiger partial charge in [0.05, 0.1) is 11.3 Å². The molecule has 0 bridgehead atoms. The largest absolute Gasteiger partial charge is 0.416 e. The molecule has 0 unspecified atom stereocenters. The molecule has 3 rings (SSSR count). The van der Waals surface area contributed by atoms with Crippen LogP contribution < -0.4 is 4.90 Å². The first-order valence-corrected chi connectivity index (χ1v) is 11.6. The summed E-state index contributed by atoms with van der Waals surface area (Å²) < 4.78 is 63.7. The van der Waals surface area contributed by atoms with Crippen LogP contribution in [0.15, 0.2) is 40.6 Å². The van der Waals surface area contributed by atoms with Gasteiger partial charge in [-0.15, -0.1) is 11.3 Å². The van der Waals surface area contributed by atoms with Crippen molar-refractivity contribution in [3.8, 4) is 0 Å². The molecule has 4 nitrogen and oxygen atoms in total. The van der Waals surface area contributed by atoms with Crippen molar-refractivity contribution in [2.75, 3.05) is 43.4 Å². The second-order valence-electron chi connectivity index (χ2n) is 6.91. The number of sulfone groups is 1. The first-order valence-electron chi connectivity index (χ1n) is 9.09. The minimum absolute atomic E-state index is 0.112. The van der Waals surface area contributed by atoms with Crippen molar-refractivity contribution in [2.45, 2.75) is 23.7 Å². The van der Waals surface area contributed by atoms with Crippen LogP contribution in [0.5, 0.6) is 0 Å². The van der Waals surface area contributed by atoms with Gasteiger partial charge in [0, 0.05) is 36.7 Å². The van der Waals surface area contributed by atoms with Gasteiger partial charge in [0.25, 0.3) is 0 Å². The molecule has 9 heteroatoms. The lowest BCUT2D eigenvalue weighted by Crippen LogP contribution is -2.46. The van der Waals surface area contributed by atoms with Crippen LogP contribution in [0, 0.1) is 6.92 Å². The first-order chi connectivity index (χ1) is 13.1. The topological polar surface area (TPSA) is 40.6 Å². The highest BCUT2D eigenvalue weighted by atomic mass is 32.2. The molecule has 0 radical (unpaired) electrons. The zero-order valence-electron chi connectivity index (χ0n) is 15.6. The Kier molecular flexibility index (Phi) is 6.36. The zero-order valence-corrected chi connectivity index (χ0v) is 17.2. The summed E-state index contributed by atoms with van der Waals surface area (Å²) in [4.78, 5) is 5.08. The van der Waals surface area contributed by atoms with Crippen LogP contribution in [0.2, 0.25) is 0 Å². The van der Waals surface area contributed by atoms with Gasteiger partial charge in [-0.25, -0.2) is 8.42 Å². The van der Waals surface area contributed by atoms with E-state index >= 15 is 0 Å². The van der Waals surface area contributed by atoms with E-state index in [0.717, 1.165) is 10.9 Å². The molecule has 1 aromatic heterocycles. The van der Waals surface area contributed by atoms with E-state index < -0.39 is 21.6 Å². The van der Waals surface area contributed by atoms with Gasteiger partial charge in [-0.2, -0.15) is 13.2 Å². The molecule has 0 saturated carbocycles. The molecule has 2 heterocycles. The fourth-order valence-corrected chi connectivity index (χ4v) is 5.99. The number of hydrogen-bond acceptors (Lipinski definition) is 5. The number of anilines is 1. The average molecular weight is 433 g/mol. The van der Waals surface area contributed by atoms with Gasteiger partial charge in [-0.05, 0) is 50.2 Å². The van der Waals surface area contributed by atoms with Gasteiger partial charge < -0.3 is 4.90 Å². The Morgan fingerprint density at radius 2 is 1.79 bits per heavy atom. The lowest BCUT2D eigenvalue weighted by atomic mass is 10.1. The van der Waals surface area contributed by atoms with Gasteiger partial charge in [0.1, 0.15) is 4.21 Å². The van der Waals surface area contributed by atoms with Crippen molar-refractivity contribution in [3.05, 3.63) is 46.8 Å². The third-order valence-electron chi connectivity index (χ3n) is 4.82. The Labute approximate surface area is 167 Å². The summed E-state index contributed by atoms with van der Waals surface area (Å²) in [5.41, 5.74) is -0.0634. The Morgan fingerprint density at radius 3 is 2.39 bits per heavy atom. The number of thiophene rings is 1. The van der Waals surface area contributed by atoms with Crippen molar-refractivity contribution in [1.29, 1.82) is 0 Å². The van der Waals surface area contributed by atoms with E-state index in [1.165, 1.54) is 23.5 Å². The summed E-state index contributed by atoms with van der Waals surface area (Å²) in [5.74, 6) is 0.112. The Bertz CT molecular complexity index is 902. The minimum atomic E-state index is -4.34. The monoisotopic (exact) mass is 432 g/mol. The van der Waals surface area contributed by atoms with Crippen molar-refractivity contribution in [1.82, 2.24) is 4.90 Å². The summed E-state index contributed by atoms with van der Waals surface area (Å²) in [7, 11) is -3.24. The summed E-state index contributed by atoms with van der Waals surface area (Å²) >= 11 is 1.29. The maximum absolute atomic E-state index is 12.9. The van der Waals surface area contributed by atoms with Crippen LogP contribution in [-0.2, 0) is 16.0 Å². The third-order valence-corrected chi connectivity index (χ3v) is 8.20. The summed E-state index contributed by atoms with van der Waals surface area (Å²) in [6.07, 6.45) is -3.80. The third kappa shape index (κ3) is 5.27. The maximum Gasteiger partial charge on any atom is 0.416 e. The molecule has 1 aliphatic heterocycles. The number of benzene rings is 1. The Hall–Kier alpha value is -1.58. The normalized spacial score (nSPS) is 16.5. The van der Waals surface area contributed by atoms with Gasteiger partial charge >= 0.3 is 6.18 Å². The lowest BCUT2D eigenvalue weighted by molar-refractivity contribution is -0.137. The predicted molar refractivity (Wildman–Crippen MR) is 106 cm³/mol. The molecule has 1 saturated heterocycles. The smallest absolute Gasteiger partial charge is 0.369 e. The molecule has 1 fully saturated rings. The van der Waals surface area contributed by atoms with E-state index in [1.54, 1.807) is 12.1 Å². The minimum Gasteiger partial charge on any atom is -0.369 e. The molecule has 0 atom stereocenters. The van der Waals surface area contributed by atoms with Gasteiger partial charge in [0.2, 0.25) is 0 Å². The quantitative estimate of drug-likeness (QED) is 0.690. The van der Waals surface area contributed by atoms with Gasteiger partial charge in [-0.3, -0.25) is 4.90 Å². The molecular formula is C19H23F3N2O2S2. The lowest BCUT2D eigenvalue weighted by Gasteiger charge is -2.36. The van der Waals surface area contributed by atoms with Crippen molar-refractivity contribution in [3.63, 3.8) is 0 Å². The predicted octanol–water partition coefficient (Wildman–Crippen LogP) is 4.06. The van der Waals surface area contributed by atoms with Crippen LogP contribution >= 0.6 is 11.3 Å². The fraction of sp³-hybridized carbons (Fsp3) is 0.474. The number of hydrogen-bond donors (Lipinski definition) is 0. The molecule has 2 aromatic rings. The van der Waals surface area contributed by atoms with E-state index in [2.05, 4.69) is 4.90 Å². The SMILES string of the molecule is Cc1ccc(S(=O)(=O)CCCN2CCN(c3cccc(C(F)(F)F)c3)CC2)s1. The highest BCUT2D eigenvalue weighted by molar-refractivity contribution is 7.93. The maximum atomic E-state index is 12.9. The molecule has 0 amide bonds. The van der Waals surface area contributed by atoms with Crippen LogP contribution in [0.4, 0.5) is 18.9 Å². The Balaban J connectivity index is 1.48. The first kappa shape index (κ1) is 21.1. The molecule has 0 spiro atoms. The van der Waals surface area contributed by atoms with Crippen LogP contribution in [0.1, 0.15) is 16.9 Å². The molecule has 1 aliphatic rings. The summed E-state index contributed by atoms with van der Waals surface area (Å²) in [5, 5.41) is 0. The van der Waals surface area contributed by atoms with Crippen LogP contribution in [0.3, 0.4) is 0 Å².